The highest BCUT2D eigenvalue weighted by molar-refractivity contribution is 5.67. The van der Waals surface area contributed by atoms with Crippen molar-refractivity contribution in [2.24, 2.45) is 5.92 Å². The monoisotopic (exact) mass is 257 g/mol. The zero-order valence-electron chi connectivity index (χ0n) is 11.4. The van der Waals surface area contributed by atoms with Gasteiger partial charge >= 0.3 is 0 Å². The highest BCUT2D eigenvalue weighted by Gasteiger charge is 2.21. The van der Waals surface area contributed by atoms with Crippen molar-refractivity contribution in [3.63, 3.8) is 0 Å². The van der Waals surface area contributed by atoms with Crippen LogP contribution in [0, 0.1) is 19.8 Å². The maximum Gasteiger partial charge on any atom is 0.182 e. The van der Waals surface area contributed by atoms with E-state index < -0.39 is 0 Å². The van der Waals surface area contributed by atoms with Crippen LogP contribution in [0.25, 0.3) is 11.4 Å². The third kappa shape index (κ3) is 2.20. The number of aromatic nitrogens is 4. The maximum atomic E-state index is 6.01. The Labute approximate surface area is 112 Å². The predicted molar refractivity (Wildman–Crippen MR) is 74.5 cm³/mol. The molecular formula is C14H19N5. The molecule has 0 aliphatic heterocycles. The second kappa shape index (κ2) is 4.64. The molecule has 2 aromatic rings. The average molecular weight is 257 g/mol. The van der Waals surface area contributed by atoms with Crippen molar-refractivity contribution in [3.8, 4) is 11.4 Å². The van der Waals surface area contributed by atoms with Crippen molar-refractivity contribution in [2.75, 3.05) is 5.73 Å². The van der Waals surface area contributed by atoms with Crippen LogP contribution < -0.4 is 5.73 Å². The van der Waals surface area contributed by atoms with E-state index in [2.05, 4.69) is 28.5 Å². The van der Waals surface area contributed by atoms with E-state index in [-0.39, 0.29) is 0 Å². The summed E-state index contributed by atoms with van der Waals surface area (Å²) in [5, 5.41) is 12.1. The van der Waals surface area contributed by atoms with Gasteiger partial charge in [-0.15, -0.1) is 5.10 Å². The zero-order chi connectivity index (χ0) is 13.4. The van der Waals surface area contributed by atoms with Gasteiger partial charge in [0.2, 0.25) is 0 Å². The first-order valence-electron chi connectivity index (χ1n) is 6.78. The lowest BCUT2D eigenvalue weighted by molar-refractivity contribution is 0.265. The van der Waals surface area contributed by atoms with Crippen LogP contribution in [0.1, 0.15) is 30.4 Å². The van der Waals surface area contributed by atoms with E-state index in [1.165, 1.54) is 19.3 Å². The van der Waals surface area contributed by atoms with E-state index in [9.17, 15) is 0 Å². The van der Waals surface area contributed by atoms with Crippen LogP contribution >= 0.6 is 0 Å². The Balaban J connectivity index is 1.97. The van der Waals surface area contributed by atoms with Crippen LogP contribution in [0.5, 0.6) is 0 Å². The standard InChI is InChI=1S/C14H19N5/c1-9-6-10(2)13(15)7-12(9)14-16-17-18-19(14)8-11-4-3-5-11/h6-7,11H,3-5,8,15H2,1-2H3. The summed E-state index contributed by atoms with van der Waals surface area (Å²) in [5.41, 5.74) is 10.1. The number of hydrogen-bond donors (Lipinski definition) is 1. The van der Waals surface area contributed by atoms with Gasteiger partial charge in [-0.05, 0) is 60.2 Å². The quantitative estimate of drug-likeness (QED) is 0.857. The largest absolute Gasteiger partial charge is 0.398 e. The minimum absolute atomic E-state index is 0.727. The fraction of sp³-hybridized carbons (Fsp3) is 0.500. The molecular weight excluding hydrogens is 238 g/mol. The van der Waals surface area contributed by atoms with Crippen LogP contribution in [0.15, 0.2) is 12.1 Å². The molecule has 0 bridgehead atoms. The first kappa shape index (κ1) is 12.1. The van der Waals surface area contributed by atoms with Crippen molar-refractivity contribution < 1.29 is 0 Å². The summed E-state index contributed by atoms with van der Waals surface area (Å²) in [6, 6.07) is 4.07. The second-order valence-electron chi connectivity index (χ2n) is 5.51. The number of tetrazole rings is 1. The molecule has 0 unspecified atom stereocenters. The zero-order valence-corrected chi connectivity index (χ0v) is 11.4. The number of hydrogen-bond acceptors (Lipinski definition) is 4. The van der Waals surface area contributed by atoms with E-state index in [0.717, 1.165) is 40.7 Å². The summed E-state index contributed by atoms with van der Waals surface area (Å²) in [6.45, 7) is 5.00. The lowest BCUT2D eigenvalue weighted by Gasteiger charge is -2.25. The maximum absolute atomic E-state index is 6.01. The molecule has 5 nitrogen and oxygen atoms in total. The van der Waals surface area contributed by atoms with Crippen molar-refractivity contribution in [2.45, 2.75) is 39.7 Å². The van der Waals surface area contributed by atoms with Gasteiger partial charge < -0.3 is 5.73 Å². The molecule has 0 atom stereocenters. The summed E-state index contributed by atoms with van der Waals surface area (Å²) in [6.07, 6.45) is 3.90. The van der Waals surface area contributed by atoms with E-state index in [0.29, 0.717) is 0 Å². The van der Waals surface area contributed by atoms with Gasteiger partial charge in [-0.1, -0.05) is 12.5 Å². The number of nitrogens with two attached hydrogens (primary N) is 1. The molecule has 0 spiro atoms. The molecule has 2 N–H and O–H groups in total. The smallest absolute Gasteiger partial charge is 0.182 e. The van der Waals surface area contributed by atoms with Crippen LogP contribution in [-0.4, -0.2) is 20.2 Å². The summed E-state index contributed by atoms with van der Waals surface area (Å²) < 4.78 is 1.92. The lowest BCUT2D eigenvalue weighted by atomic mass is 9.85. The Morgan fingerprint density at radius 1 is 1.26 bits per heavy atom. The Morgan fingerprint density at radius 2 is 2.05 bits per heavy atom. The Bertz CT molecular complexity index is 598. The van der Waals surface area contributed by atoms with Gasteiger partial charge in [0.25, 0.3) is 0 Å². The second-order valence-corrected chi connectivity index (χ2v) is 5.51. The van der Waals surface area contributed by atoms with Crippen LogP contribution in [0.2, 0.25) is 0 Å². The minimum Gasteiger partial charge on any atom is -0.398 e. The van der Waals surface area contributed by atoms with Gasteiger partial charge in [-0.25, -0.2) is 4.68 Å². The van der Waals surface area contributed by atoms with E-state index >= 15 is 0 Å². The summed E-state index contributed by atoms with van der Waals surface area (Å²) in [4.78, 5) is 0. The first-order chi connectivity index (χ1) is 9.15. The fourth-order valence-corrected chi connectivity index (χ4v) is 2.55. The molecule has 19 heavy (non-hydrogen) atoms. The number of benzene rings is 1. The molecule has 1 saturated carbocycles. The topological polar surface area (TPSA) is 69.6 Å². The van der Waals surface area contributed by atoms with Crippen molar-refractivity contribution in [1.82, 2.24) is 20.2 Å². The van der Waals surface area contributed by atoms with Crippen LogP contribution in [0.3, 0.4) is 0 Å². The Kier molecular flexibility index (Phi) is 2.97. The van der Waals surface area contributed by atoms with E-state index in [1.807, 2.05) is 17.7 Å². The molecule has 3 rings (SSSR count). The van der Waals surface area contributed by atoms with E-state index in [1.54, 1.807) is 0 Å². The third-order valence-corrected chi connectivity index (χ3v) is 4.04. The number of rotatable bonds is 3. The van der Waals surface area contributed by atoms with Gasteiger partial charge in [0.1, 0.15) is 0 Å². The predicted octanol–water partition coefficient (Wildman–Crippen LogP) is 2.34. The molecule has 0 amide bonds. The molecule has 0 radical (unpaired) electrons. The van der Waals surface area contributed by atoms with Gasteiger partial charge in [0.15, 0.2) is 5.82 Å². The molecule has 1 fully saturated rings. The van der Waals surface area contributed by atoms with Gasteiger partial charge in [-0.3, -0.25) is 0 Å². The molecule has 1 aliphatic carbocycles. The SMILES string of the molecule is Cc1cc(C)c(-c2nnnn2CC2CCC2)cc1N. The van der Waals surface area contributed by atoms with Gasteiger partial charge in [0, 0.05) is 17.8 Å². The van der Waals surface area contributed by atoms with Gasteiger partial charge in [0.05, 0.1) is 0 Å². The lowest BCUT2D eigenvalue weighted by Crippen LogP contribution is -2.19. The Hall–Kier alpha value is -1.91. The van der Waals surface area contributed by atoms with Crippen molar-refractivity contribution in [3.05, 3.63) is 23.3 Å². The van der Waals surface area contributed by atoms with Gasteiger partial charge in [-0.2, -0.15) is 0 Å². The highest BCUT2D eigenvalue weighted by atomic mass is 15.5. The summed E-state index contributed by atoms with van der Waals surface area (Å²) >= 11 is 0. The molecule has 1 aromatic heterocycles. The third-order valence-electron chi connectivity index (χ3n) is 4.04. The van der Waals surface area contributed by atoms with Crippen molar-refractivity contribution in [1.29, 1.82) is 0 Å². The molecule has 100 valence electrons. The molecule has 1 heterocycles. The molecule has 1 aromatic carbocycles. The Morgan fingerprint density at radius 3 is 2.74 bits per heavy atom. The number of aryl methyl sites for hydroxylation is 2. The molecule has 1 aliphatic rings. The number of anilines is 1. The fourth-order valence-electron chi connectivity index (χ4n) is 2.55. The van der Waals surface area contributed by atoms with Crippen LogP contribution in [-0.2, 0) is 6.54 Å². The number of nitrogen functional groups attached to an aromatic ring is 1. The van der Waals surface area contributed by atoms with E-state index in [4.69, 9.17) is 5.73 Å². The number of nitrogens with zero attached hydrogens (tertiary/aromatic N) is 4. The minimum atomic E-state index is 0.727. The van der Waals surface area contributed by atoms with Crippen molar-refractivity contribution >= 4 is 5.69 Å². The molecule has 5 heteroatoms. The van der Waals surface area contributed by atoms with Crippen LogP contribution in [0.4, 0.5) is 5.69 Å². The highest BCUT2D eigenvalue weighted by Crippen LogP contribution is 2.30. The normalized spacial score (nSPS) is 15.5. The first-order valence-corrected chi connectivity index (χ1v) is 6.78. The average Bonchev–Trinajstić information content (AvgIpc) is 2.76. The summed E-state index contributed by atoms with van der Waals surface area (Å²) in [5.74, 6) is 1.56. The molecule has 0 saturated heterocycles. The summed E-state index contributed by atoms with van der Waals surface area (Å²) in [7, 11) is 0.